The van der Waals surface area contributed by atoms with Gasteiger partial charge in [0.1, 0.15) is 0 Å². The van der Waals surface area contributed by atoms with Crippen molar-refractivity contribution >= 4 is 27.5 Å². The molecule has 4 rings (SSSR count). The Morgan fingerprint density at radius 2 is 1.83 bits per heavy atom. The van der Waals surface area contributed by atoms with Crippen molar-refractivity contribution in [3.8, 4) is 0 Å². The summed E-state index contributed by atoms with van der Waals surface area (Å²) in [6, 6.07) is 0. The summed E-state index contributed by atoms with van der Waals surface area (Å²) in [6.45, 7) is 4.37. The summed E-state index contributed by atoms with van der Waals surface area (Å²) in [6.07, 6.45) is 6.62. The lowest BCUT2D eigenvalue weighted by Crippen LogP contribution is -2.53. The predicted octanol–water partition coefficient (Wildman–Crippen LogP) is 3.43. The fourth-order valence-corrected chi connectivity index (χ4v) is 7.07. The Labute approximate surface area is 146 Å². The van der Waals surface area contributed by atoms with Gasteiger partial charge in [-0.05, 0) is 61.9 Å². The lowest BCUT2D eigenvalue weighted by molar-refractivity contribution is -0.139. The van der Waals surface area contributed by atoms with Crippen LogP contribution in [0, 0.1) is 28.6 Å². The summed E-state index contributed by atoms with van der Waals surface area (Å²) >= 11 is 3.55. The maximum absolute atomic E-state index is 12.9. The average Bonchev–Trinajstić information content (AvgIpc) is 2.73. The number of hydrogen-bond acceptors (Lipinski definition) is 3. The fraction of sp³-hybridized carbons (Fsp3) is 0.789. The van der Waals surface area contributed by atoms with E-state index in [1.165, 1.54) is 0 Å². The van der Waals surface area contributed by atoms with Gasteiger partial charge in [-0.3, -0.25) is 9.59 Å². The van der Waals surface area contributed by atoms with Crippen LogP contribution in [0.1, 0.15) is 52.4 Å². The zero-order chi connectivity index (χ0) is 16.6. The third-order valence-electron chi connectivity index (χ3n) is 7.62. The van der Waals surface area contributed by atoms with Crippen LogP contribution in [0.4, 0.5) is 0 Å². The Hall–Kier alpha value is -0.480. The molecule has 126 valence electrons. The lowest BCUT2D eigenvalue weighted by Gasteiger charge is -2.55. The highest BCUT2D eigenvalue weighted by Crippen LogP contribution is 2.63. The molecular weight excluding hydrogens is 356 g/mol. The van der Waals surface area contributed by atoms with Crippen molar-refractivity contribution in [1.29, 1.82) is 0 Å². The van der Waals surface area contributed by atoms with Crippen molar-refractivity contribution in [3.63, 3.8) is 0 Å². The van der Waals surface area contributed by atoms with E-state index in [-0.39, 0.29) is 39.4 Å². The monoisotopic (exact) mass is 380 g/mol. The minimum atomic E-state index is -0.332. The van der Waals surface area contributed by atoms with Crippen molar-refractivity contribution in [1.82, 2.24) is 0 Å². The molecule has 23 heavy (non-hydrogen) atoms. The second-order valence-corrected chi connectivity index (χ2v) is 9.75. The molecule has 3 saturated carbocycles. The van der Waals surface area contributed by atoms with Crippen LogP contribution in [0.3, 0.4) is 0 Å². The number of aliphatic hydroxyl groups excluding tert-OH is 1. The molecule has 4 aliphatic carbocycles. The van der Waals surface area contributed by atoms with E-state index in [1.54, 1.807) is 0 Å². The van der Waals surface area contributed by atoms with Gasteiger partial charge < -0.3 is 5.11 Å². The first-order valence-electron chi connectivity index (χ1n) is 8.89. The second kappa shape index (κ2) is 5.01. The minimum absolute atomic E-state index is 0.00996. The number of rotatable bonds is 0. The van der Waals surface area contributed by atoms with Crippen LogP contribution in [0.5, 0.6) is 0 Å². The number of alkyl halides is 1. The highest BCUT2D eigenvalue weighted by Gasteiger charge is 2.62. The van der Waals surface area contributed by atoms with E-state index in [0.29, 0.717) is 18.1 Å². The molecule has 3 unspecified atom stereocenters. The molecule has 0 spiro atoms. The van der Waals surface area contributed by atoms with Crippen molar-refractivity contribution in [3.05, 3.63) is 11.6 Å². The molecular formula is C19H25BrO3. The molecule has 0 aromatic rings. The number of carbonyl (C=O) groups excluding carboxylic acids is 2. The number of halogens is 1. The normalized spacial score (nSPS) is 52.5. The first-order chi connectivity index (χ1) is 10.8. The molecule has 0 aromatic carbocycles. The van der Waals surface area contributed by atoms with Crippen molar-refractivity contribution in [2.75, 3.05) is 0 Å². The van der Waals surface area contributed by atoms with Crippen LogP contribution < -0.4 is 0 Å². The van der Waals surface area contributed by atoms with Gasteiger partial charge in [0.25, 0.3) is 0 Å². The molecule has 0 aromatic heterocycles. The van der Waals surface area contributed by atoms with Gasteiger partial charge in [0.05, 0.1) is 10.9 Å². The Bertz CT molecular complexity index is 612. The lowest BCUT2D eigenvalue weighted by atomic mass is 9.48. The molecule has 3 nitrogen and oxygen atoms in total. The first-order valence-corrected chi connectivity index (χ1v) is 9.80. The predicted molar refractivity (Wildman–Crippen MR) is 91.2 cm³/mol. The molecule has 0 bridgehead atoms. The molecule has 3 fully saturated rings. The topological polar surface area (TPSA) is 54.4 Å². The third-order valence-corrected chi connectivity index (χ3v) is 8.41. The Kier molecular flexibility index (Phi) is 3.49. The molecule has 0 amide bonds. The van der Waals surface area contributed by atoms with Crippen molar-refractivity contribution in [2.45, 2.75) is 63.3 Å². The van der Waals surface area contributed by atoms with Crippen molar-refractivity contribution in [2.24, 2.45) is 28.6 Å². The van der Waals surface area contributed by atoms with Crippen LogP contribution in [0.2, 0.25) is 0 Å². The number of hydrogen-bond donors (Lipinski definition) is 1. The number of ketones is 2. The van der Waals surface area contributed by atoms with E-state index in [9.17, 15) is 14.7 Å². The molecule has 0 saturated heterocycles. The van der Waals surface area contributed by atoms with Crippen LogP contribution in [-0.2, 0) is 9.59 Å². The molecule has 4 heteroatoms. The van der Waals surface area contributed by atoms with E-state index >= 15 is 0 Å². The van der Waals surface area contributed by atoms with E-state index in [2.05, 4.69) is 29.8 Å². The van der Waals surface area contributed by atoms with Gasteiger partial charge in [-0.1, -0.05) is 35.4 Å². The maximum atomic E-state index is 12.9. The third kappa shape index (κ3) is 2.03. The van der Waals surface area contributed by atoms with Crippen molar-refractivity contribution < 1.29 is 14.7 Å². The van der Waals surface area contributed by atoms with Gasteiger partial charge >= 0.3 is 0 Å². The SMILES string of the molecule is C[C@]12CC[C@H](O)CC1=CC(=O)C1C2CC[C@]2(C)C(=O)[C@H](Br)CC12. The van der Waals surface area contributed by atoms with E-state index < -0.39 is 0 Å². The van der Waals surface area contributed by atoms with Gasteiger partial charge in [-0.2, -0.15) is 0 Å². The Morgan fingerprint density at radius 1 is 1.13 bits per heavy atom. The number of Topliss-reactive ketones (excluding diaryl/α,β-unsaturated/α-hetero) is 1. The zero-order valence-electron chi connectivity index (χ0n) is 13.8. The number of carbonyl (C=O) groups is 2. The summed E-state index contributed by atoms with van der Waals surface area (Å²) < 4.78 is 0. The highest BCUT2D eigenvalue weighted by atomic mass is 79.9. The number of fused-ring (bicyclic) bond motifs is 5. The highest BCUT2D eigenvalue weighted by molar-refractivity contribution is 9.10. The number of aliphatic hydroxyl groups is 1. The maximum Gasteiger partial charge on any atom is 0.159 e. The summed E-state index contributed by atoms with van der Waals surface area (Å²) in [5.41, 5.74) is 0.860. The van der Waals surface area contributed by atoms with Crippen LogP contribution in [-0.4, -0.2) is 27.6 Å². The molecule has 0 heterocycles. The minimum Gasteiger partial charge on any atom is -0.393 e. The number of allylic oxidation sites excluding steroid dienone is 1. The van der Waals surface area contributed by atoms with Gasteiger partial charge in [-0.25, -0.2) is 0 Å². The molecule has 0 radical (unpaired) electrons. The van der Waals surface area contributed by atoms with Gasteiger partial charge in [-0.15, -0.1) is 0 Å². The fourth-order valence-electron chi connectivity index (χ4n) is 6.14. The van der Waals surface area contributed by atoms with Gasteiger partial charge in [0.2, 0.25) is 0 Å². The summed E-state index contributed by atoms with van der Waals surface area (Å²) in [4.78, 5) is 25.5. The van der Waals surface area contributed by atoms with E-state index in [4.69, 9.17) is 0 Å². The standard InChI is InChI=1S/C19H25BrO3/c1-18-5-3-11(21)7-10(18)8-15(22)16-12(18)4-6-19(2)13(16)9-14(20)17(19)23/h8,11-14,16,21H,3-7,9H2,1-2H3/t11-,12?,13?,14+,16?,18-,19-/m0/s1. The second-order valence-electron chi connectivity index (χ2n) is 8.65. The van der Waals surface area contributed by atoms with Crippen LogP contribution in [0.15, 0.2) is 11.6 Å². The van der Waals surface area contributed by atoms with Gasteiger partial charge in [0, 0.05) is 11.3 Å². The quantitative estimate of drug-likeness (QED) is 0.654. The van der Waals surface area contributed by atoms with E-state index in [1.807, 2.05) is 6.08 Å². The first kappa shape index (κ1) is 16.0. The van der Waals surface area contributed by atoms with Crippen LogP contribution >= 0.6 is 15.9 Å². The van der Waals surface area contributed by atoms with E-state index in [0.717, 1.165) is 37.7 Å². The average molecular weight is 381 g/mol. The Balaban J connectivity index is 1.76. The molecule has 1 N–H and O–H groups in total. The summed E-state index contributed by atoms with van der Waals surface area (Å²) in [5.74, 6) is 1.01. The molecule has 0 aliphatic heterocycles. The summed E-state index contributed by atoms with van der Waals surface area (Å²) in [7, 11) is 0. The Morgan fingerprint density at radius 3 is 2.57 bits per heavy atom. The summed E-state index contributed by atoms with van der Waals surface area (Å²) in [5, 5.41) is 10.0. The molecule has 4 aliphatic rings. The largest absolute Gasteiger partial charge is 0.393 e. The van der Waals surface area contributed by atoms with Crippen LogP contribution in [0.25, 0.3) is 0 Å². The molecule has 7 atom stereocenters. The smallest absolute Gasteiger partial charge is 0.159 e. The zero-order valence-corrected chi connectivity index (χ0v) is 15.4. The van der Waals surface area contributed by atoms with Gasteiger partial charge in [0.15, 0.2) is 11.6 Å².